The molecule has 1 saturated carbocycles. The van der Waals surface area contributed by atoms with Crippen molar-refractivity contribution in [3.63, 3.8) is 0 Å². The van der Waals surface area contributed by atoms with Gasteiger partial charge in [0.25, 0.3) is 0 Å². The van der Waals surface area contributed by atoms with Gasteiger partial charge >= 0.3 is 6.03 Å². The SMILES string of the molecule is Cc1cccc(NC(=O)NC2CCC(Oc3ccc(C#N)cn3)CC2)c1. The predicted octanol–water partition coefficient (Wildman–Crippen LogP) is 3.77. The fourth-order valence-corrected chi connectivity index (χ4v) is 3.09. The number of amides is 2. The maximum atomic E-state index is 12.1. The Balaban J connectivity index is 1.43. The highest BCUT2D eigenvalue weighted by atomic mass is 16.5. The molecule has 0 spiro atoms. The second kappa shape index (κ2) is 8.34. The highest BCUT2D eigenvalue weighted by Crippen LogP contribution is 2.23. The van der Waals surface area contributed by atoms with Gasteiger partial charge < -0.3 is 15.4 Å². The van der Waals surface area contributed by atoms with Crippen molar-refractivity contribution < 1.29 is 9.53 Å². The van der Waals surface area contributed by atoms with E-state index in [0.717, 1.165) is 36.9 Å². The average Bonchev–Trinajstić information content (AvgIpc) is 2.64. The van der Waals surface area contributed by atoms with Crippen LogP contribution in [0, 0.1) is 18.3 Å². The first kappa shape index (κ1) is 17.7. The number of nitrogens with one attached hydrogen (secondary N) is 2. The first-order valence-electron chi connectivity index (χ1n) is 8.79. The molecule has 6 heteroatoms. The Labute approximate surface area is 153 Å². The molecule has 26 heavy (non-hydrogen) atoms. The van der Waals surface area contributed by atoms with Crippen molar-refractivity contribution in [2.24, 2.45) is 0 Å². The summed E-state index contributed by atoms with van der Waals surface area (Å²) in [6.45, 7) is 1.99. The van der Waals surface area contributed by atoms with Crippen molar-refractivity contribution in [1.29, 1.82) is 5.26 Å². The highest BCUT2D eigenvalue weighted by molar-refractivity contribution is 5.89. The van der Waals surface area contributed by atoms with Gasteiger partial charge in [-0.25, -0.2) is 9.78 Å². The number of benzene rings is 1. The lowest BCUT2D eigenvalue weighted by molar-refractivity contribution is 0.135. The Hall–Kier alpha value is -3.07. The first-order chi connectivity index (χ1) is 12.6. The molecule has 1 fully saturated rings. The minimum absolute atomic E-state index is 0.0910. The van der Waals surface area contributed by atoms with Crippen molar-refractivity contribution in [2.45, 2.75) is 44.8 Å². The van der Waals surface area contributed by atoms with Crippen LogP contribution in [0.25, 0.3) is 0 Å². The molecule has 2 amide bonds. The Bertz CT molecular complexity index is 790. The van der Waals surface area contributed by atoms with Crippen molar-refractivity contribution in [2.75, 3.05) is 5.32 Å². The lowest BCUT2D eigenvalue weighted by Gasteiger charge is -2.29. The van der Waals surface area contributed by atoms with Crippen LogP contribution in [0.5, 0.6) is 5.88 Å². The molecular weight excluding hydrogens is 328 g/mol. The van der Waals surface area contributed by atoms with E-state index in [1.165, 1.54) is 6.20 Å². The second-order valence-corrected chi connectivity index (χ2v) is 6.56. The third-order valence-electron chi connectivity index (χ3n) is 4.44. The van der Waals surface area contributed by atoms with Gasteiger partial charge in [0.15, 0.2) is 0 Å². The van der Waals surface area contributed by atoms with Gasteiger partial charge in [0.05, 0.1) is 5.56 Å². The van der Waals surface area contributed by atoms with Crippen LogP contribution in [-0.4, -0.2) is 23.2 Å². The van der Waals surface area contributed by atoms with Crippen LogP contribution in [0.15, 0.2) is 42.6 Å². The average molecular weight is 350 g/mol. The number of anilines is 1. The van der Waals surface area contributed by atoms with E-state index in [4.69, 9.17) is 10.00 Å². The summed E-state index contributed by atoms with van der Waals surface area (Å²) in [5, 5.41) is 14.7. The Morgan fingerprint density at radius 1 is 1.23 bits per heavy atom. The third-order valence-corrected chi connectivity index (χ3v) is 4.44. The van der Waals surface area contributed by atoms with E-state index in [-0.39, 0.29) is 18.2 Å². The van der Waals surface area contributed by atoms with Crippen LogP contribution < -0.4 is 15.4 Å². The molecule has 3 rings (SSSR count). The first-order valence-corrected chi connectivity index (χ1v) is 8.79. The summed E-state index contributed by atoms with van der Waals surface area (Å²) >= 11 is 0. The van der Waals surface area contributed by atoms with Gasteiger partial charge in [-0.1, -0.05) is 12.1 Å². The van der Waals surface area contributed by atoms with Crippen LogP contribution in [-0.2, 0) is 0 Å². The number of nitriles is 1. The monoisotopic (exact) mass is 350 g/mol. The summed E-state index contributed by atoms with van der Waals surface area (Å²) in [5.74, 6) is 0.539. The van der Waals surface area contributed by atoms with E-state index in [1.807, 2.05) is 37.3 Å². The van der Waals surface area contributed by atoms with Crippen molar-refractivity contribution in [3.05, 3.63) is 53.7 Å². The summed E-state index contributed by atoms with van der Waals surface area (Å²) in [4.78, 5) is 16.3. The van der Waals surface area contributed by atoms with Crippen LogP contribution in [0.4, 0.5) is 10.5 Å². The molecule has 0 unspecified atom stereocenters. The molecule has 6 nitrogen and oxygen atoms in total. The molecular formula is C20H22N4O2. The van der Waals surface area contributed by atoms with Gasteiger partial charge in [-0.15, -0.1) is 0 Å². The zero-order valence-corrected chi connectivity index (χ0v) is 14.7. The van der Waals surface area contributed by atoms with Crippen LogP contribution in [0.3, 0.4) is 0 Å². The normalized spacial score (nSPS) is 19.2. The number of urea groups is 1. The number of carbonyl (C=O) groups excluding carboxylic acids is 1. The number of hydrogen-bond acceptors (Lipinski definition) is 4. The van der Waals surface area contributed by atoms with Crippen LogP contribution in [0.2, 0.25) is 0 Å². The number of hydrogen-bond donors (Lipinski definition) is 2. The lowest BCUT2D eigenvalue weighted by Crippen LogP contribution is -2.41. The molecule has 1 aromatic heterocycles. The zero-order valence-electron chi connectivity index (χ0n) is 14.7. The molecule has 0 atom stereocenters. The van der Waals surface area contributed by atoms with Crippen molar-refractivity contribution >= 4 is 11.7 Å². The standard InChI is InChI=1S/C20H22N4O2/c1-14-3-2-4-17(11-14)24-20(25)23-16-6-8-18(9-7-16)26-19-10-5-15(12-21)13-22-19/h2-5,10-11,13,16,18H,6-9H2,1H3,(H2,23,24,25). The van der Waals surface area contributed by atoms with E-state index in [1.54, 1.807) is 12.1 Å². The molecule has 1 aromatic carbocycles. The van der Waals surface area contributed by atoms with E-state index in [0.29, 0.717) is 11.4 Å². The lowest BCUT2D eigenvalue weighted by atomic mass is 9.93. The topological polar surface area (TPSA) is 87.0 Å². The molecule has 0 saturated heterocycles. The van der Waals surface area contributed by atoms with E-state index >= 15 is 0 Å². The Kier molecular flexibility index (Phi) is 5.69. The molecule has 134 valence electrons. The largest absolute Gasteiger partial charge is 0.474 e. The van der Waals surface area contributed by atoms with Gasteiger partial charge in [0.1, 0.15) is 12.2 Å². The number of aryl methyl sites for hydroxylation is 1. The summed E-state index contributed by atoms with van der Waals surface area (Å²) < 4.78 is 5.87. The fourth-order valence-electron chi connectivity index (χ4n) is 3.09. The fraction of sp³-hybridized carbons (Fsp3) is 0.350. The summed E-state index contributed by atoms with van der Waals surface area (Å²) in [6, 6.07) is 13.2. The van der Waals surface area contributed by atoms with Crippen molar-refractivity contribution in [1.82, 2.24) is 10.3 Å². The summed E-state index contributed by atoms with van der Waals surface area (Å²) in [7, 11) is 0. The smallest absolute Gasteiger partial charge is 0.319 e. The van der Waals surface area contributed by atoms with E-state index in [2.05, 4.69) is 15.6 Å². The number of aromatic nitrogens is 1. The van der Waals surface area contributed by atoms with Gasteiger partial charge in [-0.3, -0.25) is 0 Å². The molecule has 1 aliphatic rings. The van der Waals surface area contributed by atoms with Crippen LogP contribution in [0.1, 0.15) is 36.8 Å². The zero-order chi connectivity index (χ0) is 18.4. The van der Waals surface area contributed by atoms with Crippen molar-refractivity contribution in [3.8, 4) is 11.9 Å². The molecule has 0 aliphatic heterocycles. The van der Waals surface area contributed by atoms with E-state index < -0.39 is 0 Å². The van der Waals surface area contributed by atoms with Gasteiger partial charge in [-0.2, -0.15) is 5.26 Å². The van der Waals surface area contributed by atoms with Gasteiger partial charge in [0, 0.05) is 24.0 Å². The second-order valence-electron chi connectivity index (χ2n) is 6.56. The summed E-state index contributed by atoms with van der Waals surface area (Å²) in [6.07, 6.45) is 5.05. The molecule has 1 heterocycles. The summed E-state index contributed by atoms with van der Waals surface area (Å²) in [5.41, 5.74) is 2.42. The number of rotatable bonds is 4. The number of pyridine rings is 1. The predicted molar refractivity (Wildman–Crippen MR) is 99.0 cm³/mol. The Morgan fingerprint density at radius 3 is 2.69 bits per heavy atom. The van der Waals surface area contributed by atoms with Crippen LogP contribution >= 0.6 is 0 Å². The van der Waals surface area contributed by atoms with Gasteiger partial charge in [0.2, 0.25) is 5.88 Å². The molecule has 2 aromatic rings. The molecule has 2 N–H and O–H groups in total. The number of ether oxygens (including phenoxy) is 1. The molecule has 0 radical (unpaired) electrons. The molecule has 1 aliphatic carbocycles. The Morgan fingerprint density at radius 2 is 2.04 bits per heavy atom. The minimum atomic E-state index is -0.172. The third kappa shape index (κ3) is 4.96. The van der Waals surface area contributed by atoms with Gasteiger partial charge in [-0.05, 0) is 56.4 Å². The quantitative estimate of drug-likeness (QED) is 0.878. The minimum Gasteiger partial charge on any atom is -0.474 e. The van der Waals surface area contributed by atoms with E-state index in [9.17, 15) is 4.79 Å². The maximum absolute atomic E-state index is 12.1. The maximum Gasteiger partial charge on any atom is 0.319 e. The highest BCUT2D eigenvalue weighted by Gasteiger charge is 2.24. The molecule has 0 bridgehead atoms. The number of carbonyl (C=O) groups is 1. The number of nitrogens with zero attached hydrogens (tertiary/aromatic N) is 2.